The summed E-state index contributed by atoms with van der Waals surface area (Å²) in [4.78, 5) is 23.4. The van der Waals surface area contributed by atoms with E-state index in [0.717, 1.165) is 5.56 Å². The van der Waals surface area contributed by atoms with Crippen molar-refractivity contribution in [2.24, 2.45) is 0 Å². The van der Waals surface area contributed by atoms with Crippen LogP contribution >= 0.6 is 0 Å². The normalized spacial score (nSPS) is 10.9. The largest absolute Gasteiger partial charge is 0.452 e. The Balaban J connectivity index is 2.31. The molecule has 8 heteroatoms. The number of likely N-dealkylation sites (N-methyl/N-ethyl adjacent to an activating group) is 1. The number of hydrogen-bond acceptors (Lipinski definition) is 6. The predicted molar refractivity (Wildman–Crippen MR) is 94.5 cm³/mol. The van der Waals surface area contributed by atoms with Crippen LogP contribution in [0.4, 0.5) is 0 Å². The Bertz CT molecular complexity index is 936. The molecule has 1 N–H and O–H groups in total. The monoisotopic (exact) mass is 377 g/mol. The number of para-hydroxylation sites is 1. The highest BCUT2D eigenvalue weighted by atomic mass is 32.2. The maximum absolute atomic E-state index is 12.6. The van der Waals surface area contributed by atoms with Crippen molar-refractivity contribution in [3.63, 3.8) is 0 Å². The Hall–Kier alpha value is -2.87. The van der Waals surface area contributed by atoms with Crippen LogP contribution in [0, 0.1) is 13.8 Å². The molecule has 0 spiro atoms. The summed E-state index contributed by atoms with van der Waals surface area (Å²) in [5, 5.41) is 2.31. The minimum atomic E-state index is -4.15. The molecule has 0 aliphatic heterocycles. The minimum Gasteiger partial charge on any atom is -0.452 e. The molecule has 0 bridgehead atoms. The zero-order valence-electron chi connectivity index (χ0n) is 14.6. The molecule has 2 aromatic rings. The molecule has 1 amide bonds. The average molecular weight is 377 g/mol. The number of esters is 1. The van der Waals surface area contributed by atoms with Crippen LogP contribution < -0.4 is 9.50 Å². The lowest BCUT2D eigenvalue weighted by Gasteiger charge is -2.13. The first-order chi connectivity index (χ1) is 12.2. The van der Waals surface area contributed by atoms with Crippen molar-refractivity contribution in [3.05, 3.63) is 59.2 Å². The molecule has 0 saturated heterocycles. The van der Waals surface area contributed by atoms with Crippen LogP contribution in [0.1, 0.15) is 21.5 Å². The molecule has 2 aromatic carbocycles. The van der Waals surface area contributed by atoms with Gasteiger partial charge in [-0.2, -0.15) is 8.42 Å². The summed E-state index contributed by atoms with van der Waals surface area (Å²) < 4.78 is 35.3. The second-order valence-electron chi connectivity index (χ2n) is 5.55. The van der Waals surface area contributed by atoms with Crippen molar-refractivity contribution >= 4 is 22.0 Å². The molecule has 0 aliphatic carbocycles. The molecule has 0 radical (unpaired) electrons. The lowest BCUT2D eigenvalue weighted by Crippen LogP contribution is -2.25. The number of ether oxygens (including phenoxy) is 1. The Morgan fingerprint density at radius 1 is 1.08 bits per heavy atom. The van der Waals surface area contributed by atoms with Gasteiger partial charge >= 0.3 is 16.1 Å². The van der Waals surface area contributed by atoms with Crippen molar-refractivity contribution in [1.82, 2.24) is 5.32 Å². The van der Waals surface area contributed by atoms with Gasteiger partial charge < -0.3 is 14.2 Å². The molecule has 0 fully saturated rings. The molecule has 7 nitrogen and oxygen atoms in total. The zero-order valence-corrected chi connectivity index (χ0v) is 15.4. The van der Waals surface area contributed by atoms with Crippen molar-refractivity contribution in [1.29, 1.82) is 0 Å². The van der Waals surface area contributed by atoms with Crippen LogP contribution in [-0.2, 0) is 19.6 Å². The SMILES string of the molecule is CNC(=O)COC(=O)c1ccccc1OS(=O)(=O)c1cc(C)ccc1C. The topological polar surface area (TPSA) is 98.8 Å². The fourth-order valence-electron chi connectivity index (χ4n) is 2.13. The molecule has 0 unspecified atom stereocenters. The number of carbonyl (C=O) groups is 2. The maximum Gasteiger partial charge on any atom is 0.342 e. The van der Waals surface area contributed by atoms with E-state index >= 15 is 0 Å². The molecule has 2 rings (SSSR count). The van der Waals surface area contributed by atoms with Crippen molar-refractivity contribution in [3.8, 4) is 5.75 Å². The standard InChI is InChI=1S/C18H19NO6S/c1-12-8-9-13(2)16(10-12)26(22,23)25-15-7-5-4-6-14(15)18(21)24-11-17(20)19-3/h4-10H,11H2,1-3H3,(H,19,20). The van der Waals surface area contributed by atoms with Crippen molar-refractivity contribution < 1.29 is 26.9 Å². The number of aryl methyl sites for hydroxylation is 2. The Morgan fingerprint density at radius 2 is 1.77 bits per heavy atom. The van der Waals surface area contributed by atoms with Gasteiger partial charge in [-0.05, 0) is 43.2 Å². The Labute approximate surface area is 152 Å². The molecular weight excluding hydrogens is 358 g/mol. The summed E-state index contributed by atoms with van der Waals surface area (Å²) in [6, 6.07) is 10.7. The number of nitrogens with one attached hydrogen (secondary N) is 1. The van der Waals surface area contributed by atoms with Gasteiger partial charge in [0.25, 0.3) is 5.91 Å². The highest BCUT2D eigenvalue weighted by Crippen LogP contribution is 2.25. The van der Waals surface area contributed by atoms with Gasteiger partial charge in [0.2, 0.25) is 0 Å². The van der Waals surface area contributed by atoms with Crippen LogP contribution in [-0.4, -0.2) is 33.9 Å². The predicted octanol–water partition coefficient (Wildman–Crippen LogP) is 1.97. The fraction of sp³-hybridized carbons (Fsp3) is 0.222. The first-order valence-corrected chi connectivity index (χ1v) is 9.14. The smallest absolute Gasteiger partial charge is 0.342 e. The molecular formula is C18H19NO6S. The fourth-order valence-corrected chi connectivity index (χ4v) is 3.39. The summed E-state index contributed by atoms with van der Waals surface area (Å²) in [5.41, 5.74) is 1.19. The summed E-state index contributed by atoms with van der Waals surface area (Å²) in [5.74, 6) is -1.52. The van der Waals surface area contributed by atoms with Crippen LogP contribution in [0.5, 0.6) is 5.75 Å². The molecule has 138 valence electrons. The average Bonchev–Trinajstić information content (AvgIpc) is 2.61. The quantitative estimate of drug-likeness (QED) is 0.610. The lowest BCUT2D eigenvalue weighted by molar-refractivity contribution is -0.123. The van der Waals surface area contributed by atoms with E-state index in [1.807, 2.05) is 0 Å². The highest BCUT2D eigenvalue weighted by molar-refractivity contribution is 7.87. The zero-order chi connectivity index (χ0) is 19.3. The van der Waals surface area contributed by atoms with Crippen molar-refractivity contribution in [2.75, 3.05) is 13.7 Å². The van der Waals surface area contributed by atoms with Crippen molar-refractivity contribution in [2.45, 2.75) is 18.7 Å². The van der Waals surface area contributed by atoms with E-state index in [9.17, 15) is 18.0 Å². The summed E-state index contributed by atoms with van der Waals surface area (Å²) in [7, 11) is -2.74. The molecule has 0 aromatic heterocycles. The van der Waals surface area contributed by atoms with Crippen LogP contribution in [0.2, 0.25) is 0 Å². The third-order valence-corrected chi connectivity index (χ3v) is 4.91. The number of amides is 1. The van der Waals surface area contributed by atoms with Crippen LogP contribution in [0.15, 0.2) is 47.4 Å². The van der Waals surface area contributed by atoms with Crippen LogP contribution in [0.3, 0.4) is 0 Å². The van der Waals surface area contributed by atoms with Gasteiger partial charge in [0.1, 0.15) is 10.5 Å². The number of rotatable bonds is 6. The van der Waals surface area contributed by atoms with Gasteiger partial charge in [-0.3, -0.25) is 4.79 Å². The first-order valence-electron chi connectivity index (χ1n) is 7.73. The van der Waals surface area contributed by atoms with Gasteiger partial charge in [-0.1, -0.05) is 24.3 Å². The van der Waals surface area contributed by atoms with E-state index in [-0.39, 0.29) is 16.2 Å². The molecule has 0 aliphatic rings. The Morgan fingerprint density at radius 3 is 2.46 bits per heavy atom. The number of benzene rings is 2. The van der Waals surface area contributed by atoms with E-state index in [2.05, 4.69) is 5.32 Å². The minimum absolute atomic E-state index is 0.0195. The summed E-state index contributed by atoms with van der Waals surface area (Å²) in [6.45, 7) is 2.94. The summed E-state index contributed by atoms with van der Waals surface area (Å²) >= 11 is 0. The second-order valence-corrected chi connectivity index (χ2v) is 7.07. The lowest BCUT2D eigenvalue weighted by atomic mass is 10.2. The molecule has 26 heavy (non-hydrogen) atoms. The maximum atomic E-state index is 12.6. The first kappa shape index (κ1) is 19.5. The van der Waals surface area contributed by atoms with E-state index in [1.165, 1.54) is 37.4 Å². The van der Waals surface area contributed by atoms with E-state index < -0.39 is 28.6 Å². The van der Waals surface area contributed by atoms with Crippen LogP contribution in [0.25, 0.3) is 0 Å². The van der Waals surface area contributed by atoms with E-state index in [1.54, 1.807) is 26.0 Å². The van der Waals surface area contributed by atoms with Gasteiger partial charge in [-0.25, -0.2) is 4.79 Å². The Kier molecular flexibility index (Phi) is 5.99. The molecule has 0 heterocycles. The third-order valence-electron chi connectivity index (χ3n) is 3.53. The molecule has 0 atom stereocenters. The molecule has 0 saturated carbocycles. The highest BCUT2D eigenvalue weighted by Gasteiger charge is 2.23. The summed E-state index contributed by atoms with van der Waals surface area (Å²) in [6.07, 6.45) is 0. The third kappa shape index (κ3) is 4.60. The van der Waals surface area contributed by atoms with Gasteiger partial charge in [0, 0.05) is 7.05 Å². The van der Waals surface area contributed by atoms with Gasteiger partial charge in [-0.15, -0.1) is 0 Å². The van der Waals surface area contributed by atoms with Gasteiger partial charge in [0.15, 0.2) is 12.4 Å². The van der Waals surface area contributed by atoms with E-state index in [0.29, 0.717) is 5.56 Å². The number of carbonyl (C=O) groups excluding carboxylic acids is 2. The number of hydrogen-bond donors (Lipinski definition) is 1. The second kappa shape index (κ2) is 8.01. The van der Waals surface area contributed by atoms with Gasteiger partial charge in [0.05, 0.1) is 0 Å². The van der Waals surface area contributed by atoms with E-state index in [4.69, 9.17) is 8.92 Å².